The molecule has 0 saturated carbocycles. The van der Waals surface area contributed by atoms with Crippen molar-refractivity contribution in [3.8, 4) is 0 Å². The number of aromatic amines is 2. The summed E-state index contributed by atoms with van der Waals surface area (Å²) in [5, 5.41) is 46.8. The topological polar surface area (TPSA) is 194 Å². The second-order valence-electron chi connectivity index (χ2n) is 5.54. The van der Waals surface area contributed by atoms with Crippen molar-refractivity contribution < 1.29 is 25.5 Å². The van der Waals surface area contributed by atoms with Crippen molar-refractivity contribution >= 4 is 11.2 Å². The van der Waals surface area contributed by atoms with Gasteiger partial charge in [0.25, 0.3) is 5.56 Å². The van der Waals surface area contributed by atoms with Crippen LogP contribution in [0.1, 0.15) is 6.42 Å². The van der Waals surface area contributed by atoms with E-state index in [1.54, 1.807) is 0 Å². The fourth-order valence-corrected chi connectivity index (χ4v) is 2.52. The van der Waals surface area contributed by atoms with Gasteiger partial charge in [0.1, 0.15) is 24.0 Å². The van der Waals surface area contributed by atoms with Crippen LogP contribution in [0.4, 0.5) is 0 Å². The molecular weight excluding hydrogens is 340 g/mol. The van der Waals surface area contributed by atoms with E-state index in [-0.39, 0.29) is 30.7 Å². The molecule has 0 fully saturated rings. The smallest absolute Gasteiger partial charge is 0.330 e. The monoisotopic (exact) mass is 360 g/mol. The summed E-state index contributed by atoms with van der Waals surface area (Å²) in [7, 11) is 0. The van der Waals surface area contributed by atoms with Crippen molar-refractivity contribution in [3.05, 3.63) is 31.3 Å². The van der Waals surface area contributed by atoms with E-state index in [0.717, 1.165) is 9.13 Å². The minimum Gasteiger partial charge on any atom is -0.396 e. The number of rotatable bonds is 8. The van der Waals surface area contributed by atoms with E-state index in [0.29, 0.717) is 0 Å². The molecule has 140 valence electrons. The minimum atomic E-state index is -1.75. The standard InChI is InChI=1S/C13H20N4O8/c18-3-1-2-16-8-10(14-12(24)15-11(8)23)17(13(16)25)4-6(20)9(22)7(21)5-19/h6-7,9,18-22H,1-5H2,(H2,14,15,23,24)/t6-,7+,9-/m0/s1. The Morgan fingerprint density at radius 1 is 0.960 bits per heavy atom. The lowest BCUT2D eigenvalue weighted by molar-refractivity contribution is -0.0806. The number of aliphatic hydroxyl groups is 5. The third-order valence-electron chi connectivity index (χ3n) is 3.78. The Balaban J connectivity index is 2.56. The molecule has 2 heterocycles. The van der Waals surface area contributed by atoms with Crippen LogP contribution in [0.5, 0.6) is 0 Å². The molecule has 25 heavy (non-hydrogen) atoms. The van der Waals surface area contributed by atoms with E-state index in [2.05, 4.69) is 4.98 Å². The highest BCUT2D eigenvalue weighted by Crippen LogP contribution is 2.08. The molecule has 0 amide bonds. The van der Waals surface area contributed by atoms with Gasteiger partial charge in [0.05, 0.1) is 13.2 Å². The van der Waals surface area contributed by atoms with Crippen LogP contribution in [-0.2, 0) is 13.1 Å². The number of fused-ring (bicyclic) bond motifs is 1. The van der Waals surface area contributed by atoms with Crippen LogP contribution < -0.4 is 16.9 Å². The number of nitrogens with one attached hydrogen (secondary N) is 2. The van der Waals surface area contributed by atoms with Gasteiger partial charge >= 0.3 is 11.4 Å². The van der Waals surface area contributed by atoms with Gasteiger partial charge in [-0.1, -0.05) is 0 Å². The molecule has 0 radical (unpaired) electrons. The molecule has 0 saturated heterocycles. The summed E-state index contributed by atoms with van der Waals surface area (Å²) in [6.07, 6.45) is -4.86. The number of aliphatic hydroxyl groups excluding tert-OH is 5. The molecule has 2 aromatic heterocycles. The van der Waals surface area contributed by atoms with Gasteiger partial charge in [-0.05, 0) is 6.42 Å². The number of aromatic nitrogens is 4. The highest BCUT2D eigenvalue weighted by Gasteiger charge is 2.27. The van der Waals surface area contributed by atoms with Crippen molar-refractivity contribution in [3.63, 3.8) is 0 Å². The number of H-pyrrole nitrogens is 2. The van der Waals surface area contributed by atoms with E-state index in [1.807, 2.05) is 4.98 Å². The summed E-state index contributed by atoms with van der Waals surface area (Å²) < 4.78 is 1.91. The fraction of sp³-hybridized carbons (Fsp3) is 0.615. The Morgan fingerprint density at radius 3 is 2.24 bits per heavy atom. The number of aryl methyl sites for hydroxylation is 1. The SMILES string of the molecule is O=c1[nH]c(=O)c2c([nH]1)n(C[C@H](O)[C@H](O)[C@H](O)CO)c(=O)n2CCCO. The largest absolute Gasteiger partial charge is 0.396 e. The number of hydrogen-bond acceptors (Lipinski definition) is 8. The molecule has 7 N–H and O–H groups in total. The summed E-state index contributed by atoms with van der Waals surface area (Å²) in [5.41, 5.74) is -2.75. The Labute approximate surface area is 139 Å². The maximum absolute atomic E-state index is 12.5. The molecule has 0 aliphatic carbocycles. The van der Waals surface area contributed by atoms with Gasteiger partial charge in [0, 0.05) is 13.2 Å². The van der Waals surface area contributed by atoms with Gasteiger partial charge in [-0.2, -0.15) is 0 Å². The van der Waals surface area contributed by atoms with E-state index < -0.39 is 48.4 Å². The third kappa shape index (κ3) is 3.72. The van der Waals surface area contributed by atoms with E-state index in [1.165, 1.54) is 0 Å². The first-order chi connectivity index (χ1) is 11.8. The number of imidazole rings is 1. The second-order valence-corrected chi connectivity index (χ2v) is 5.54. The summed E-state index contributed by atoms with van der Waals surface area (Å²) in [5.74, 6) is 0. The first-order valence-electron chi connectivity index (χ1n) is 7.53. The Bertz CT molecular complexity index is 894. The molecule has 0 spiro atoms. The van der Waals surface area contributed by atoms with E-state index >= 15 is 0 Å². The predicted octanol–water partition coefficient (Wildman–Crippen LogP) is -4.36. The van der Waals surface area contributed by atoms with Gasteiger partial charge in [0.2, 0.25) is 0 Å². The van der Waals surface area contributed by atoms with Gasteiger partial charge in [-0.25, -0.2) is 9.59 Å². The van der Waals surface area contributed by atoms with Crippen LogP contribution in [0.25, 0.3) is 11.2 Å². The molecule has 12 heteroatoms. The first kappa shape index (κ1) is 19.1. The van der Waals surface area contributed by atoms with E-state index in [9.17, 15) is 29.7 Å². The highest BCUT2D eigenvalue weighted by atomic mass is 16.4. The Kier molecular flexibility index (Phi) is 5.92. The van der Waals surface area contributed by atoms with Crippen LogP contribution in [0.2, 0.25) is 0 Å². The lowest BCUT2D eigenvalue weighted by atomic mass is 10.1. The second kappa shape index (κ2) is 7.76. The zero-order valence-electron chi connectivity index (χ0n) is 13.1. The number of nitrogens with zero attached hydrogens (tertiary/aromatic N) is 2. The van der Waals surface area contributed by atoms with Crippen molar-refractivity contribution in [2.24, 2.45) is 0 Å². The third-order valence-corrected chi connectivity index (χ3v) is 3.78. The molecule has 3 atom stereocenters. The maximum atomic E-state index is 12.5. The molecule has 12 nitrogen and oxygen atoms in total. The highest BCUT2D eigenvalue weighted by molar-refractivity contribution is 5.69. The van der Waals surface area contributed by atoms with E-state index in [4.69, 9.17) is 10.2 Å². The molecule has 2 aromatic rings. The maximum Gasteiger partial charge on any atom is 0.330 e. The average Bonchev–Trinajstić information content (AvgIpc) is 2.83. The summed E-state index contributed by atoms with van der Waals surface area (Å²) in [6.45, 7) is -1.59. The molecule has 0 bridgehead atoms. The van der Waals surface area contributed by atoms with Crippen molar-refractivity contribution in [2.75, 3.05) is 13.2 Å². The molecule has 0 aromatic carbocycles. The van der Waals surface area contributed by atoms with Gasteiger partial charge in [-0.3, -0.25) is 23.9 Å². The minimum absolute atomic E-state index is 0.00806. The zero-order valence-corrected chi connectivity index (χ0v) is 13.1. The van der Waals surface area contributed by atoms with Crippen LogP contribution >= 0.6 is 0 Å². The van der Waals surface area contributed by atoms with Gasteiger partial charge in [-0.15, -0.1) is 0 Å². The quantitative estimate of drug-likeness (QED) is 0.245. The molecular formula is C13H20N4O8. The Morgan fingerprint density at radius 2 is 1.64 bits per heavy atom. The zero-order chi connectivity index (χ0) is 18.7. The van der Waals surface area contributed by atoms with Crippen LogP contribution in [0.3, 0.4) is 0 Å². The normalized spacial score (nSPS) is 15.4. The molecule has 0 unspecified atom stereocenters. The molecule has 0 aliphatic rings. The van der Waals surface area contributed by atoms with Crippen molar-refractivity contribution in [2.45, 2.75) is 37.8 Å². The van der Waals surface area contributed by atoms with Crippen molar-refractivity contribution in [1.82, 2.24) is 19.1 Å². The number of hydrogen-bond donors (Lipinski definition) is 7. The van der Waals surface area contributed by atoms with Crippen LogP contribution in [-0.4, -0.2) is 76.2 Å². The Hall–Kier alpha value is -2.25. The molecule has 2 rings (SSSR count). The lowest BCUT2D eigenvalue weighted by Crippen LogP contribution is -2.43. The average molecular weight is 360 g/mol. The molecule has 0 aliphatic heterocycles. The summed E-state index contributed by atoms with van der Waals surface area (Å²) >= 11 is 0. The van der Waals surface area contributed by atoms with Crippen LogP contribution in [0, 0.1) is 0 Å². The summed E-state index contributed by atoms with van der Waals surface area (Å²) in [6, 6.07) is 0. The predicted molar refractivity (Wildman–Crippen MR) is 84.2 cm³/mol. The van der Waals surface area contributed by atoms with Crippen molar-refractivity contribution in [1.29, 1.82) is 0 Å². The fourth-order valence-electron chi connectivity index (χ4n) is 2.52. The summed E-state index contributed by atoms with van der Waals surface area (Å²) in [4.78, 5) is 40.3. The lowest BCUT2D eigenvalue weighted by Gasteiger charge is -2.21. The first-order valence-corrected chi connectivity index (χ1v) is 7.53. The van der Waals surface area contributed by atoms with Crippen LogP contribution in [0.15, 0.2) is 14.4 Å². The van der Waals surface area contributed by atoms with Gasteiger partial charge in [0.15, 0.2) is 5.52 Å². The van der Waals surface area contributed by atoms with Gasteiger partial charge < -0.3 is 25.5 Å².